The van der Waals surface area contributed by atoms with Gasteiger partial charge in [-0.05, 0) is 85.9 Å². The molecule has 3 aromatic rings. The molecule has 1 saturated heterocycles. The lowest BCUT2D eigenvalue weighted by Crippen LogP contribution is -2.35. The van der Waals surface area contributed by atoms with E-state index in [2.05, 4.69) is 47.5 Å². The number of anilines is 1. The van der Waals surface area contributed by atoms with Crippen LogP contribution in [0.5, 0.6) is 11.5 Å². The summed E-state index contributed by atoms with van der Waals surface area (Å²) in [6.07, 6.45) is 3.41. The van der Waals surface area contributed by atoms with Crippen LogP contribution < -0.4 is 14.8 Å². The second-order valence-electron chi connectivity index (χ2n) is 11.0. The molecule has 0 radical (unpaired) electrons. The number of piperidine rings is 1. The number of benzene rings is 3. The summed E-state index contributed by atoms with van der Waals surface area (Å²) >= 11 is 6.62. The van der Waals surface area contributed by atoms with Crippen LogP contribution in [-0.4, -0.2) is 57.0 Å². The largest absolute Gasteiger partial charge is 0.493 e. The number of rotatable bonds is 11. The minimum Gasteiger partial charge on any atom is -0.493 e. The number of hydrogen-bond acceptors (Lipinski definition) is 6. The lowest BCUT2D eigenvalue weighted by Gasteiger charge is -2.28. The van der Waals surface area contributed by atoms with Gasteiger partial charge in [0.15, 0.2) is 0 Å². The normalized spacial score (nSPS) is 17.1. The molecule has 0 spiro atoms. The Morgan fingerprint density at radius 2 is 1.81 bits per heavy atom. The number of halogens is 2. The molecule has 2 aliphatic rings. The predicted molar refractivity (Wildman–Crippen MR) is 166 cm³/mol. The zero-order chi connectivity index (χ0) is 29.6. The summed E-state index contributed by atoms with van der Waals surface area (Å²) < 4.78 is 30.3. The molecular weight excluding hydrogens is 555 g/mol. The van der Waals surface area contributed by atoms with Gasteiger partial charge in [-0.2, -0.15) is 0 Å². The maximum atomic E-state index is 13.4. The van der Waals surface area contributed by atoms with Gasteiger partial charge in [0.05, 0.1) is 37.1 Å². The molecule has 0 amide bonds. The second kappa shape index (κ2) is 13.8. The smallest absolute Gasteiger partial charge is 0.341 e. The first-order valence-corrected chi connectivity index (χ1v) is 15.3. The molecule has 3 aromatic carbocycles. The average Bonchev–Trinajstić information content (AvgIpc) is 3.41. The third-order valence-electron chi connectivity index (χ3n) is 8.34. The van der Waals surface area contributed by atoms with Crippen LogP contribution in [-0.2, 0) is 11.2 Å². The molecule has 42 heavy (non-hydrogen) atoms. The molecular formula is C34H40ClFN2O4. The zero-order valence-electron chi connectivity index (χ0n) is 24.7. The van der Waals surface area contributed by atoms with Gasteiger partial charge in [0.1, 0.15) is 23.2 Å². The average molecular weight is 595 g/mol. The highest BCUT2D eigenvalue weighted by atomic mass is 35.5. The quantitative estimate of drug-likeness (QED) is 0.180. The van der Waals surface area contributed by atoms with Gasteiger partial charge in [0, 0.05) is 25.7 Å². The molecule has 224 valence electrons. The molecule has 0 bridgehead atoms. The van der Waals surface area contributed by atoms with E-state index in [9.17, 15) is 9.18 Å². The number of nitrogens with zero attached hydrogens (tertiary/aromatic N) is 1. The van der Waals surface area contributed by atoms with Gasteiger partial charge in [-0.3, -0.25) is 0 Å². The van der Waals surface area contributed by atoms with Gasteiger partial charge in [-0.15, -0.1) is 0 Å². The first kappa shape index (κ1) is 30.2. The summed E-state index contributed by atoms with van der Waals surface area (Å²) in [5.41, 5.74) is 7.10. The van der Waals surface area contributed by atoms with Crippen molar-refractivity contribution in [1.82, 2.24) is 4.90 Å². The Balaban J connectivity index is 1.30. The molecule has 0 aromatic heterocycles. The third kappa shape index (κ3) is 6.68. The minimum atomic E-state index is -0.640. The van der Waals surface area contributed by atoms with Crippen molar-refractivity contribution < 1.29 is 23.4 Å². The first-order chi connectivity index (χ1) is 20.4. The number of fused-ring (bicyclic) bond motifs is 1. The van der Waals surface area contributed by atoms with Crippen LogP contribution in [0, 0.1) is 6.92 Å². The maximum Gasteiger partial charge on any atom is 0.341 e. The Kier molecular flexibility index (Phi) is 9.91. The third-order valence-corrected chi connectivity index (χ3v) is 8.66. The number of esters is 1. The molecule has 1 N–H and O–H groups in total. The van der Waals surface area contributed by atoms with Crippen molar-refractivity contribution in [3.8, 4) is 22.6 Å². The molecule has 5 rings (SSSR count). The van der Waals surface area contributed by atoms with Crippen LogP contribution in [0.1, 0.15) is 65.7 Å². The Bertz CT molecular complexity index is 1410. The predicted octanol–water partition coefficient (Wildman–Crippen LogP) is 7.80. The van der Waals surface area contributed by atoms with E-state index >= 15 is 0 Å². The van der Waals surface area contributed by atoms with Gasteiger partial charge in [-0.25, -0.2) is 9.18 Å². The van der Waals surface area contributed by atoms with Crippen molar-refractivity contribution in [2.45, 2.75) is 58.2 Å². The molecule has 1 aliphatic carbocycles. The van der Waals surface area contributed by atoms with E-state index in [1.165, 1.54) is 29.4 Å². The summed E-state index contributed by atoms with van der Waals surface area (Å²) in [6, 6.07) is 16.2. The standard InChI is InChI=1S/C34H40ClFN2O4/c1-4-41-33-21-31(29(35)20-28(33)34(39)40-3)37-30-13-12-26-25(9-5-10-27(26)30)24-8-6-11-32(22(24)2)42-19-7-16-38-17-14-23(36)15-18-38/h5-6,8-11,20-21,23,30,37H,4,7,12-19H2,1-3H3. The molecule has 1 atom stereocenters. The van der Waals surface area contributed by atoms with E-state index in [1.807, 2.05) is 13.0 Å². The maximum absolute atomic E-state index is 13.4. The highest BCUT2D eigenvalue weighted by Gasteiger charge is 2.27. The van der Waals surface area contributed by atoms with E-state index in [0.29, 0.717) is 42.4 Å². The molecule has 8 heteroatoms. The number of ether oxygens (including phenoxy) is 3. The van der Waals surface area contributed by atoms with Gasteiger partial charge in [0.2, 0.25) is 0 Å². The summed E-state index contributed by atoms with van der Waals surface area (Å²) in [4.78, 5) is 14.6. The number of hydrogen-bond donors (Lipinski definition) is 1. The summed E-state index contributed by atoms with van der Waals surface area (Å²) in [5.74, 6) is 0.865. The Hall–Kier alpha value is -3.29. The lowest BCUT2D eigenvalue weighted by atomic mass is 9.93. The Morgan fingerprint density at radius 3 is 2.57 bits per heavy atom. The van der Waals surface area contributed by atoms with Crippen LogP contribution in [0.15, 0.2) is 48.5 Å². The van der Waals surface area contributed by atoms with Crippen LogP contribution in [0.25, 0.3) is 11.1 Å². The summed E-state index contributed by atoms with van der Waals surface area (Å²) in [6.45, 7) is 7.66. The number of nitrogens with one attached hydrogen (secondary N) is 1. The SMILES string of the molecule is CCOc1cc(NC2CCc3c(-c4cccc(OCCCN5CCC(F)CC5)c4C)cccc32)c(Cl)cc1C(=O)OC. The molecule has 1 heterocycles. The van der Waals surface area contributed by atoms with Crippen molar-refractivity contribution in [1.29, 1.82) is 0 Å². The van der Waals surface area contributed by atoms with Crippen molar-refractivity contribution in [2.24, 2.45) is 0 Å². The topological polar surface area (TPSA) is 60.0 Å². The van der Waals surface area contributed by atoms with Crippen molar-refractivity contribution in [3.05, 3.63) is 75.8 Å². The monoisotopic (exact) mass is 594 g/mol. The van der Waals surface area contributed by atoms with Crippen LogP contribution in [0.3, 0.4) is 0 Å². The zero-order valence-corrected chi connectivity index (χ0v) is 25.4. The molecule has 1 unspecified atom stereocenters. The van der Waals surface area contributed by atoms with E-state index < -0.39 is 12.1 Å². The fraction of sp³-hybridized carbons (Fsp3) is 0.441. The number of carbonyl (C=O) groups excluding carboxylic acids is 1. The number of alkyl halides is 1. The van der Waals surface area contributed by atoms with E-state index in [-0.39, 0.29) is 6.04 Å². The van der Waals surface area contributed by atoms with Gasteiger partial charge in [-0.1, -0.05) is 41.9 Å². The van der Waals surface area contributed by atoms with E-state index in [1.54, 1.807) is 12.1 Å². The Labute approximate surface area is 253 Å². The van der Waals surface area contributed by atoms with Gasteiger partial charge < -0.3 is 24.4 Å². The molecule has 0 saturated carbocycles. The molecule has 1 aliphatic heterocycles. The lowest BCUT2D eigenvalue weighted by molar-refractivity contribution is 0.0596. The van der Waals surface area contributed by atoms with E-state index in [0.717, 1.165) is 55.9 Å². The van der Waals surface area contributed by atoms with Crippen LogP contribution in [0.2, 0.25) is 5.02 Å². The second-order valence-corrected chi connectivity index (χ2v) is 11.4. The number of methoxy groups -OCH3 is 1. The summed E-state index contributed by atoms with van der Waals surface area (Å²) in [7, 11) is 1.34. The van der Waals surface area contributed by atoms with Crippen LogP contribution in [0.4, 0.5) is 10.1 Å². The highest BCUT2D eigenvalue weighted by molar-refractivity contribution is 6.33. The molecule has 6 nitrogen and oxygen atoms in total. The fourth-order valence-corrected chi connectivity index (χ4v) is 6.33. The van der Waals surface area contributed by atoms with Crippen LogP contribution >= 0.6 is 11.6 Å². The van der Waals surface area contributed by atoms with Crippen molar-refractivity contribution in [3.63, 3.8) is 0 Å². The number of likely N-dealkylation sites (tertiary alicyclic amines) is 1. The van der Waals surface area contributed by atoms with Crippen molar-refractivity contribution >= 4 is 23.3 Å². The number of carbonyl (C=O) groups is 1. The minimum absolute atomic E-state index is 0.0677. The van der Waals surface area contributed by atoms with E-state index in [4.69, 9.17) is 25.8 Å². The first-order valence-electron chi connectivity index (χ1n) is 14.9. The van der Waals surface area contributed by atoms with Crippen molar-refractivity contribution in [2.75, 3.05) is 45.3 Å². The van der Waals surface area contributed by atoms with Gasteiger partial charge >= 0.3 is 5.97 Å². The highest BCUT2D eigenvalue weighted by Crippen LogP contribution is 2.43. The van der Waals surface area contributed by atoms with Gasteiger partial charge in [0.25, 0.3) is 0 Å². The molecule has 1 fully saturated rings. The summed E-state index contributed by atoms with van der Waals surface area (Å²) in [5, 5.41) is 4.04. The fourth-order valence-electron chi connectivity index (χ4n) is 6.11. The Morgan fingerprint density at radius 1 is 1.05 bits per heavy atom.